The van der Waals surface area contributed by atoms with E-state index in [2.05, 4.69) is 4.90 Å². The molecule has 2 aromatic carbocycles. The van der Waals surface area contributed by atoms with Crippen molar-refractivity contribution >= 4 is 5.69 Å². The molecule has 0 unspecified atom stereocenters. The van der Waals surface area contributed by atoms with Crippen LogP contribution in [0.15, 0.2) is 42.5 Å². The Morgan fingerprint density at radius 2 is 1.57 bits per heavy atom. The van der Waals surface area contributed by atoms with Crippen LogP contribution in [0.3, 0.4) is 0 Å². The van der Waals surface area contributed by atoms with Gasteiger partial charge in [-0.05, 0) is 42.5 Å². The van der Waals surface area contributed by atoms with Gasteiger partial charge in [0.15, 0.2) is 0 Å². The lowest BCUT2D eigenvalue weighted by molar-refractivity contribution is 0.426. The Labute approximate surface area is 123 Å². The van der Waals surface area contributed by atoms with Gasteiger partial charge in [-0.3, -0.25) is 0 Å². The van der Waals surface area contributed by atoms with E-state index in [4.69, 9.17) is 0 Å². The van der Waals surface area contributed by atoms with Crippen molar-refractivity contribution in [3.8, 4) is 17.2 Å². The first-order chi connectivity index (χ1) is 10.1. The molecule has 1 heterocycles. The number of phenols is 3. The normalized spacial score (nSPS) is 16.1. The summed E-state index contributed by atoms with van der Waals surface area (Å²) in [5.74, 6) is 0.843. The number of phenolic OH excluding ortho intramolecular Hbond substituents is 3. The fraction of sp³-hybridized carbons (Fsp3) is 0.294. The first-order valence-electron chi connectivity index (χ1n) is 7.20. The molecule has 1 aliphatic rings. The quantitative estimate of drug-likeness (QED) is 0.793. The van der Waals surface area contributed by atoms with Gasteiger partial charge in [-0.25, -0.2) is 0 Å². The molecule has 0 radical (unpaired) electrons. The predicted octanol–water partition coefficient (Wildman–Crippen LogP) is 3.19. The molecular weight excluding hydrogens is 266 g/mol. The summed E-state index contributed by atoms with van der Waals surface area (Å²) < 4.78 is 0. The molecule has 0 amide bonds. The zero-order valence-corrected chi connectivity index (χ0v) is 11.7. The van der Waals surface area contributed by atoms with Crippen molar-refractivity contribution in [2.24, 2.45) is 0 Å². The van der Waals surface area contributed by atoms with E-state index in [1.165, 1.54) is 6.07 Å². The summed E-state index contributed by atoms with van der Waals surface area (Å²) in [7, 11) is 0. The van der Waals surface area contributed by atoms with Crippen molar-refractivity contribution in [1.82, 2.24) is 0 Å². The topological polar surface area (TPSA) is 63.9 Å². The molecule has 0 saturated carbocycles. The summed E-state index contributed by atoms with van der Waals surface area (Å²) in [6.07, 6.45) is 1.82. The van der Waals surface area contributed by atoms with Gasteiger partial charge in [0.05, 0.1) is 5.69 Å². The number of piperidine rings is 1. The second-order valence-electron chi connectivity index (χ2n) is 5.49. The Hall–Kier alpha value is -2.36. The van der Waals surface area contributed by atoms with Crippen molar-refractivity contribution < 1.29 is 15.3 Å². The second kappa shape index (κ2) is 5.56. The number of hydrogen-bond acceptors (Lipinski definition) is 4. The van der Waals surface area contributed by atoms with E-state index in [-0.39, 0.29) is 17.4 Å². The van der Waals surface area contributed by atoms with E-state index in [9.17, 15) is 15.3 Å². The van der Waals surface area contributed by atoms with Crippen molar-refractivity contribution in [2.45, 2.75) is 18.8 Å². The molecule has 4 nitrogen and oxygen atoms in total. The summed E-state index contributed by atoms with van der Waals surface area (Å²) in [6, 6.07) is 12.2. The van der Waals surface area contributed by atoms with Crippen molar-refractivity contribution in [3.05, 3.63) is 48.0 Å². The van der Waals surface area contributed by atoms with Crippen LogP contribution < -0.4 is 4.90 Å². The highest BCUT2D eigenvalue weighted by Gasteiger charge is 2.24. The van der Waals surface area contributed by atoms with E-state index in [1.807, 2.05) is 18.2 Å². The van der Waals surface area contributed by atoms with Crippen LogP contribution in [-0.4, -0.2) is 28.4 Å². The molecule has 3 N–H and O–H groups in total. The number of benzene rings is 2. The van der Waals surface area contributed by atoms with Gasteiger partial charge < -0.3 is 20.2 Å². The average molecular weight is 285 g/mol. The Balaban J connectivity index is 1.72. The molecule has 0 aliphatic carbocycles. The fourth-order valence-corrected chi connectivity index (χ4v) is 3.04. The lowest BCUT2D eigenvalue weighted by atomic mass is 9.88. The van der Waals surface area contributed by atoms with Crippen LogP contribution in [0, 0.1) is 0 Å². The maximum absolute atomic E-state index is 9.96. The van der Waals surface area contributed by atoms with Crippen LogP contribution >= 0.6 is 0 Å². The van der Waals surface area contributed by atoms with Crippen LogP contribution in [0.4, 0.5) is 5.69 Å². The summed E-state index contributed by atoms with van der Waals surface area (Å²) in [6.45, 7) is 1.67. The lowest BCUT2D eigenvalue weighted by Crippen LogP contribution is -2.32. The highest BCUT2D eigenvalue weighted by atomic mass is 16.3. The van der Waals surface area contributed by atoms with Gasteiger partial charge >= 0.3 is 0 Å². The molecule has 0 bridgehead atoms. The molecule has 0 atom stereocenters. The third kappa shape index (κ3) is 2.75. The maximum Gasteiger partial charge on any atom is 0.138 e. The standard InChI is InChI=1S/C17H19NO3/c19-13-5-6-14(17(21)11-13)12-7-9-18(10-8-12)15-3-1-2-4-16(15)20/h1-6,11-12,19-21H,7-10H2. The van der Waals surface area contributed by atoms with Crippen molar-refractivity contribution in [1.29, 1.82) is 0 Å². The highest BCUT2D eigenvalue weighted by Crippen LogP contribution is 2.37. The van der Waals surface area contributed by atoms with Gasteiger partial charge in [-0.15, -0.1) is 0 Å². The molecule has 1 fully saturated rings. The minimum absolute atomic E-state index is 0.0860. The molecule has 3 rings (SSSR count). The monoisotopic (exact) mass is 285 g/mol. The third-order valence-corrected chi connectivity index (χ3v) is 4.17. The van der Waals surface area contributed by atoms with Crippen LogP contribution in [0.25, 0.3) is 0 Å². The zero-order valence-electron chi connectivity index (χ0n) is 11.7. The number of anilines is 1. The number of aromatic hydroxyl groups is 3. The first-order valence-corrected chi connectivity index (χ1v) is 7.20. The number of nitrogens with zero attached hydrogens (tertiary/aromatic N) is 1. The van der Waals surface area contributed by atoms with Crippen LogP contribution in [0.5, 0.6) is 17.2 Å². The lowest BCUT2D eigenvalue weighted by Gasteiger charge is -2.34. The third-order valence-electron chi connectivity index (χ3n) is 4.17. The minimum Gasteiger partial charge on any atom is -0.508 e. The Morgan fingerprint density at radius 3 is 2.24 bits per heavy atom. The average Bonchev–Trinajstić information content (AvgIpc) is 2.48. The largest absolute Gasteiger partial charge is 0.508 e. The fourth-order valence-electron chi connectivity index (χ4n) is 3.04. The van der Waals surface area contributed by atoms with Crippen molar-refractivity contribution in [3.63, 3.8) is 0 Å². The van der Waals surface area contributed by atoms with Crippen LogP contribution in [0.2, 0.25) is 0 Å². The minimum atomic E-state index is 0.0860. The second-order valence-corrected chi connectivity index (χ2v) is 5.49. The molecule has 2 aromatic rings. The van der Waals surface area contributed by atoms with Gasteiger partial charge in [0.2, 0.25) is 0 Å². The summed E-state index contributed by atoms with van der Waals surface area (Å²) in [4.78, 5) is 2.17. The zero-order chi connectivity index (χ0) is 14.8. The molecule has 0 aromatic heterocycles. The molecule has 110 valence electrons. The Kier molecular flexibility index (Phi) is 3.60. The summed E-state index contributed by atoms with van der Waals surface area (Å²) in [5.41, 5.74) is 1.76. The highest BCUT2D eigenvalue weighted by molar-refractivity contribution is 5.58. The van der Waals surface area contributed by atoms with Gasteiger partial charge in [0.1, 0.15) is 17.2 Å². The molecule has 0 spiro atoms. The van der Waals surface area contributed by atoms with Gasteiger partial charge in [-0.1, -0.05) is 18.2 Å². The predicted molar refractivity (Wildman–Crippen MR) is 82.1 cm³/mol. The smallest absolute Gasteiger partial charge is 0.138 e. The Morgan fingerprint density at radius 1 is 0.857 bits per heavy atom. The van der Waals surface area contributed by atoms with Crippen LogP contribution in [-0.2, 0) is 0 Å². The number of para-hydroxylation sites is 2. The summed E-state index contributed by atoms with van der Waals surface area (Å²) >= 11 is 0. The van der Waals surface area contributed by atoms with E-state index in [0.717, 1.165) is 37.2 Å². The van der Waals surface area contributed by atoms with E-state index in [1.54, 1.807) is 18.2 Å². The molecule has 4 heteroatoms. The van der Waals surface area contributed by atoms with Gasteiger partial charge in [0, 0.05) is 19.2 Å². The van der Waals surface area contributed by atoms with Crippen molar-refractivity contribution in [2.75, 3.05) is 18.0 Å². The van der Waals surface area contributed by atoms with E-state index in [0.29, 0.717) is 5.75 Å². The number of rotatable bonds is 2. The molecule has 21 heavy (non-hydrogen) atoms. The summed E-state index contributed by atoms with van der Waals surface area (Å²) in [5, 5.41) is 29.2. The van der Waals surface area contributed by atoms with Crippen LogP contribution in [0.1, 0.15) is 24.3 Å². The van der Waals surface area contributed by atoms with Gasteiger partial charge in [-0.2, -0.15) is 0 Å². The molecule has 1 aliphatic heterocycles. The van der Waals surface area contributed by atoms with E-state index >= 15 is 0 Å². The number of hydrogen-bond donors (Lipinski definition) is 3. The first kappa shape index (κ1) is 13.6. The van der Waals surface area contributed by atoms with Gasteiger partial charge in [0.25, 0.3) is 0 Å². The SMILES string of the molecule is Oc1ccc(C2CCN(c3ccccc3O)CC2)c(O)c1. The molecule has 1 saturated heterocycles. The molecular formula is C17H19NO3. The van der Waals surface area contributed by atoms with E-state index < -0.39 is 0 Å². The Bertz CT molecular complexity index is 634. The maximum atomic E-state index is 9.96.